The number of rotatable bonds is 6. The summed E-state index contributed by atoms with van der Waals surface area (Å²) in [6, 6.07) is 15.2. The average Bonchev–Trinajstić information content (AvgIpc) is 3.37. The van der Waals surface area contributed by atoms with Crippen molar-refractivity contribution in [2.45, 2.75) is 28.9 Å². The van der Waals surface area contributed by atoms with Gasteiger partial charge >= 0.3 is 0 Å². The van der Waals surface area contributed by atoms with Gasteiger partial charge in [0, 0.05) is 23.7 Å². The zero-order valence-corrected chi connectivity index (χ0v) is 16.5. The lowest BCUT2D eigenvalue weighted by molar-refractivity contribution is 0.120. The summed E-state index contributed by atoms with van der Waals surface area (Å²) in [6.07, 6.45) is 1.94. The van der Waals surface area contributed by atoms with Gasteiger partial charge in [-0.25, -0.2) is 8.42 Å². The van der Waals surface area contributed by atoms with E-state index < -0.39 is 9.84 Å². The number of nitrogens with zero attached hydrogens (tertiary/aromatic N) is 1. The Morgan fingerprint density at radius 2 is 1.86 bits per heavy atom. The number of hydrogen-bond donors (Lipinski definition) is 1. The van der Waals surface area contributed by atoms with Crippen molar-refractivity contribution in [3.8, 4) is 11.5 Å². The molecule has 1 saturated heterocycles. The molecule has 146 valence electrons. The van der Waals surface area contributed by atoms with Crippen molar-refractivity contribution in [3.63, 3.8) is 0 Å². The molecule has 0 radical (unpaired) electrons. The minimum absolute atomic E-state index is 0.0244. The van der Waals surface area contributed by atoms with E-state index in [4.69, 9.17) is 20.8 Å². The van der Waals surface area contributed by atoms with Crippen LogP contribution in [0.4, 0.5) is 5.88 Å². The van der Waals surface area contributed by atoms with Gasteiger partial charge in [0.05, 0.1) is 11.0 Å². The van der Waals surface area contributed by atoms with Crippen LogP contribution >= 0.6 is 11.6 Å². The number of sulfone groups is 1. The number of ether oxygens (including phenoxy) is 1. The van der Waals surface area contributed by atoms with Gasteiger partial charge in [0.15, 0.2) is 0 Å². The second-order valence-electron chi connectivity index (χ2n) is 6.49. The smallest absolute Gasteiger partial charge is 0.233 e. The molecule has 1 aliphatic rings. The van der Waals surface area contributed by atoms with Crippen molar-refractivity contribution in [1.29, 1.82) is 0 Å². The molecule has 0 amide bonds. The molecule has 0 saturated carbocycles. The molecule has 1 N–H and O–H groups in total. The molecule has 1 atom stereocenters. The first kappa shape index (κ1) is 19.0. The lowest BCUT2D eigenvalue weighted by Crippen LogP contribution is -2.19. The van der Waals surface area contributed by atoms with Crippen LogP contribution in [0.15, 0.2) is 68.9 Å². The molecule has 4 rings (SSSR count). The molecule has 1 aliphatic heterocycles. The second-order valence-corrected chi connectivity index (χ2v) is 8.79. The van der Waals surface area contributed by atoms with Crippen LogP contribution in [-0.2, 0) is 14.6 Å². The molecule has 2 aromatic carbocycles. The number of benzene rings is 2. The highest BCUT2D eigenvalue weighted by atomic mass is 35.5. The van der Waals surface area contributed by atoms with E-state index in [-0.39, 0.29) is 27.8 Å². The Balaban J connectivity index is 1.72. The fourth-order valence-corrected chi connectivity index (χ4v) is 4.45. The highest BCUT2D eigenvalue weighted by Crippen LogP contribution is 2.33. The van der Waals surface area contributed by atoms with E-state index in [1.807, 2.05) is 30.3 Å². The van der Waals surface area contributed by atoms with Crippen LogP contribution in [0.1, 0.15) is 12.8 Å². The quantitative estimate of drug-likeness (QED) is 0.638. The van der Waals surface area contributed by atoms with E-state index in [0.717, 1.165) is 12.8 Å². The molecule has 28 heavy (non-hydrogen) atoms. The van der Waals surface area contributed by atoms with Gasteiger partial charge in [-0.3, -0.25) is 0 Å². The molecule has 1 aromatic heterocycles. The Hall–Kier alpha value is -2.35. The summed E-state index contributed by atoms with van der Waals surface area (Å²) in [5.74, 6) is 0.354. The maximum Gasteiger partial charge on any atom is 0.233 e. The van der Waals surface area contributed by atoms with Gasteiger partial charge in [0.2, 0.25) is 26.6 Å². The number of aromatic nitrogens is 1. The van der Waals surface area contributed by atoms with Crippen LogP contribution in [0.3, 0.4) is 0 Å². The van der Waals surface area contributed by atoms with Crippen molar-refractivity contribution in [1.82, 2.24) is 4.98 Å². The normalized spacial score (nSPS) is 17.0. The molecule has 1 fully saturated rings. The Morgan fingerprint density at radius 1 is 1.11 bits per heavy atom. The lowest BCUT2D eigenvalue weighted by Gasteiger charge is -2.10. The highest BCUT2D eigenvalue weighted by molar-refractivity contribution is 7.91. The van der Waals surface area contributed by atoms with Crippen molar-refractivity contribution >= 4 is 27.3 Å². The Morgan fingerprint density at radius 3 is 2.54 bits per heavy atom. The van der Waals surface area contributed by atoms with E-state index in [1.165, 1.54) is 24.3 Å². The number of halogens is 1. The molecule has 0 aliphatic carbocycles. The Labute approximate surface area is 168 Å². The molecule has 8 heteroatoms. The van der Waals surface area contributed by atoms with Crippen molar-refractivity contribution in [3.05, 3.63) is 59.6 Å². The number of hydrogen-bond acceptors (Lipinski definition) is 6. The van der Waals surface area contributed by atoms with Crippen LogP contribution in [0, 0.1) is 0 Å². The minimum Gasteiger partial charge on any atom is -0.419 e. The molecule has 3 aromatic rings. The van der Waals surface area contributed by atoms with E-state index >= 15 is 0 Å². The predicted molar refractivity (Wildman–Crippen MR) is 106 cm³/mol. The van der Waals surface area contributed by atoms with Crippen molar-refractivity contribution < 1.29 is 17.6 Å². The summed E-state index contributed by atoms with van der Waals surface area (Å²) in [6.45, 7) is 1.17. The first-order valence-corrected chi connectivity index (χ1v) is 10.8. The molecule has 0 bridgehead atoms. The van der Waals surface area contributed by atoms with Crippen LogP contribution in [0.2, 0.25) is 5.02 Å². The van der Waals surface area contributed by atoms with Crippen molar-refractivity contribution in [2.75, 3.05) is 18.5 Å². The summed E-state index contributed by atoms with van der Waals surface area (Å²) in [7, 11) is -3.89. The number of oxazole rings is 1. The number of nitrogens with one attached hydrogen (secondary N) is 1. The maximum absolute atomic E-state index is 13.2. The van der Waals surface area contributed by atoms with Gasteiger partial charge in [0.1, 0.15) is 0 Å². The van der Waals surface area contributed by atoms with Crippen LogP contribution in [-0.4, -0.2) is 32.7 Å². The monoisotopic (exact) mass is 418 g/mol. The third-order valence-corrected chi connectivity index (χ3v) is 6.44. The molecule has 0 spiro atoms. The van der Waals surface area contributed by atoms with Gasteiger partial charge in [-0.1, -0.05) is 29.8 Å². The van der Waals surface area contributed by atoms with Crippen LogP contribution in [0.25, 0.3) is 11.5 Å². The maximum atomic E-state index is 13.2. The van der Waals surface area contributed by atoms with Gasteiger partial charge in [0.25, 0.3) is 0 Å². The first-order chi connectivity index (χ1) is 13.5. The largest absolute Gasteiger partial charge is 0.419 e. The SMILES string of the molecule is O=S(=O)(c1ccc(Cl)cc1)c1nc(-c2ccccc2)oc1NC[C@H]1CCCO1. The third kappa shape index (κ3) is 3.92. The van der Waals surface area contributed by atoms with Gasteiger partial charge in [-0.05, 0) is 49.2 Å². The minimum atomic E-state index is -3.89. The zero-order chi connectivity index (χ0) is 19.6. The topological polar surface area (TPSA) is 81.4 Å². The van der Waals surface area contributed by atoms with Gasteiger partial charge < -0.3 is 14.5 Å². The third-order valence-electron chi connectivity index (χ3n) is 4.51. The second kappa shape index (κ2) is 7.95. The molecular weight excluding hydrogens is 400 g/mol. The van der Waals surface area contributed by atoms with E-state index in [0.29, 0.717) is 23.7 Å². The summed E-state index contributed by atoms with van der Waals surface area (Å²) >= 11 is 5.89. The van der Waals surface area contributed by atoms with E-state index in [2.05, 4.69) is 10.3 Å². The summed E-state index contributed by atoms with van der Waals surface area (Å²) in [5.41, 5.74) is 0.695. The molecule has 6 nitrogen and oxygen atoms in total. The standard InChI is InChI=1S/C20H19ClN2O4S/c21-15-8-10-17(11-9-15)28(24,25)20-19(22-13-16-7-4-12-26-16)27-18(23-20)14-5-2-1-3-6-14/h1-3,5-6,8-11,16,22H,4,7,12-13H2/t16-/m1/s1. The van der Waals surface area contributed by atoms with Gasteiger partial charge in [-0.15, -0.1) is 0 Å². The van der Waals surface area contributed by atoms with Gasteiger partial charge in [-0.2, -0.15) is 4.98 Å². The van der Waals surface area contributed by atoms with Crippen LogP contribution in [0.5, 0.6) is 0 Å². The molecule has 0 unspecified atom stereocenters. The molecular formula is C20H19ClN2O4S. The Kier molecular flexibility index (Phi) is 5.39. The fourth-order valence-electron chi connectivity index (χ4n) is 3.04. The fraction of sp³-hybridized carbons (Fsp3) is 0.250. The number of anilines is 1. The summed E-state index contributed by atoms with van der Waals surface area (Å²) in [5, 5.41) is 3.39. The summed E-state index contributed by atoms with van der Waals surface area (Å²) < 4.78 is 37.7. The Bertz CT molecular complexity index is 1040. The van der Waals surface area contributed by atoms with E-state index in [1.54, 1.807) is 0 Å². The molecule has 2 heterocycles. The highest BCUT2D eigenvalue weighted by Gasteiger charge is 2.29. The zero-order valence-electron chi connectivity index (χ0n) is 15.0. The van der Waals surface area contributed by atoms with Crippen LogP contribution < -0.4 is 5.32 Å². The summed E-state index contributed by atoms with van der Waals surface area (Å²) in [4.78, 5) is 4.41. The predicted octanol–water partition coefficient (Wildman–Crippen LogP) is 4.42. The first-order valence-electron chi connectivity index (χ1n) is 8.96. The van der Waals surface area contributed by atoms with Crippen molar-refractivity contribution in [2.24, 2.45) is 0 Å². The lowest BCUT2D eigenvalue weighted by atomic mass is 10.2. The van der Waals surface area contributed by atoms with E-state index in [9.17, 15) is 8.42 Å². The average molecular weight is 419 g/mol.